The lowest BCUT2D eigenvalue weighted by Crippen LogP contribution is -2.55. The zero-order valence-electron chi connectivity index (χ0n) is 19.6. The van der Waals surface area contributed by atoms with Crippen molar-refractivity contribution in [2.75, 3.05) is 6.61 Å². The van der Waals surface area contributed by atoms with E-state index in [4.69, 9.17) is 18.9 Å². The van der Waals surface area contributed by atoms with Gasteiger partial charge in [0, 0.05) is 32.4 Å². The molecule has 9 heteroatoms. The number of esters is 3. The molecule has 1 aromatic heterocycles. The van der Waals surface area contributed by atoms with E-state index in [1.807, 2.05) is 36.5 Å². The number of rotatable bonds is 6. The molecule has 0 saturated carbocycles. The fourth-order valence-electron chi connectivity index (χ4n) is 4.43. The highest BCUT2D eigenvalue weighted by molar-refractivity contribution is 5.84. The first kappa shape index (κ1) is 24.4. The third kappa shape index (κ3) is 5.51. The number of nitrogens with zero attached hydrogens (tertiary/aromatic N) is 1. The summed E-state index contributed by atoms with van der Waals surface area (Å²) in [7, 11) is 0. The zero-order chi connectivity index (χ0) is 25.1. The molecular formula is C26H26FNO7. The van der Waals surface area contributed by atoms with Gasteiger partial charge in [-0.25, -0.2) is 4.39 Å². The molecule has 0 unspecified atom stereocenters. The lowest BCUT2D eigenvalue weighted by Gasteiger charge is -2.41. The van der Waals surface area contributed by atoms with Crippen molar-refractivity contribution in [1.29, 1.82) is 0 Å². The van der Waals surface area contributed by atoms with Crippen molar-refractivity contribution in [1.82, 2.24) is 4.57 Å². The molecule has 0 radical (unpaired) electrons. The molecular weight excluding hydrogens is 457 g/mol. The predicted octanol–water partition coefficient (Wildman–Crippen LogP) is 3.70. The molecule has 35 heavy (non-hydrogen) atoms. The highest BCUT2D eigenvalue weighted by Gasteiger charge is 2.48. The van der Waals surface area contributed by atoms with Crippen LogP contribution in [-0.4, -0.2) is 47.4 Å². The van der Waals surface area contributed by atoms with Crippen LogP contribution in [-0.2, 0) is 39.8 Å². The normalized spacial score (nSPS) is 21.9. The molecule has 0 spiro atoms. The number of halogens is 1. The van der Waals surface area contributed by atoms with Gasteiger partial charge in [-0.15, -0.1) is 0 Å². The second-order valence-electron chi connectivity index (χ2n) is 8.41. The van der Waals surface area contributed by atoms with Gasteiger partial charge in [-0.3, -0.25) is 14.4 Å². The van der Waals surface area contributed by atoms with Gasteiger partial charge >= 0.3 is 17.9 Å². The molecule has 1 aliphatic rings. The molecule has 2 aromatic carbocycles. The summed E-state index contributed by atoms with van der Waals surface area (Å²) in [4.78, 5) is 35.5. The summed E-state index contributed by atoms with van der Waals surface area (Å²) >= 11 is 0. The van der Waals surface area contributed by atoms with Gasteiger partial charge in [0.1, 0.15) is 5.82 Å². The van der Waals surface area contributed by atoms with Crippen LogP contribution < -0.4 is 0 Å². The molecule has 2 heterocycles. The lowest BCUT2D eigenvalue weighted by molar-refractivity contribution is -0.239. The second kappa shape index (κ2) is 10.3. The predicted molar refractivity (Wildman–Crippen MR) is 123 cm³/mol. The molecule has 0 aliphatic carbocycles. The molecule has 0 bridgehead atoms. The Morgan fingerprint density at radius 1 is 0.943 bits per heavy atom. The average Bonchev–Trinajstić information content (AvgIpc) is 3.13. The van der Waals surface area contributed by atoms with E-state index in [1.54, 1.807) is 10.6 Å². The maximum atomic E-state index is 14.3. The van der Waals surface area contributed by atoms with Crippen LogP contribution in [0.2, 0.25) is 0 Å². The van der Waals surface area contributed by atoms with Crippen LogP contribution in [0.15, 0.2) is 54.7 Å². The Morgan fingerprint density at radius 3 is 2.26 bits per heavy atom. The summed E-state index contributed by atoms with van der Waals surface area (Å²) in [5.41, 5.74) is 2.48. The van der Waals surface area contributed by atoms with Gasteiger partial charge in [-0.1, -0.05) is 30.3 Å². The van der Waals surface area contributed by atoms with Gasteiger partial charge in [0.15, 0.2) is 24.5 Å². The molecule has 3 aromatic rings. The largest absolute Gasteiger partial charge is 0.456 e. The summed E-state index contributed by atoms with van der Waals surface area (Å²) in [6.45, 7) is 3.52. The summed E-state index contributed by atoms with van der Waals surface area (Å²) in [5.74, 6) is -2.33. The second-order valence-corrected chi connectivity index (χ2v) is 8.41. The first-order valence-electron chi connectivity index (χ1n) is 11.2. The molecule has 0 N–H and O–H groups in total. The summed E-state index contributed by atoms with van der Waals surface area (Å²) in [5, 5.41) is 0.798. The van der Waals surface area contributed by atoms with Crippen LogP contribution in [0.3, 0.4) is 0 Å². The minimum absolute atomic E-state index is 0.122. The smallest absolute Gasteiger partial charge is 0.303 e. The van der Waals surface area contributed by atoms with E-state index >= 15 is 0 Å². The number of benzene rings is 2. The molecule has 184 valence electrons. The molecule has 1 aliphatic heterocycles. The van der Waals surface area contributed by atoms with Crippen LogP contribution in [0.1, 0.15) is 38.1 Å². The van der Waals surface area contributed by atoms with E-state index in [2.05, 4.69) is 0 Å². The maximum Gasteiger partial charge on any atom is 0.303 e. The average molecular weight is 483 g/mol. The number of hydrogen-bond donors (Lipinski definition) is 0. The quantitative estimate of drug-likeness (QED) is 0.390. The van der Waals surface area contributed by atoms with Crippen molar-refractivity contribution in [2.45, 2.75) is 51.7 Å². The zero-order valence-corrected chi connectivity index (χ0v) is 19.6. The summed E-state index contributed by atoms with van der Waals surface area (Å²) in [6.07, 6.45) is -1.84. The molecule has 0 amide bonds. The van der Waals surface area contributed by atoms with Gasteiger partial charge in [0.25, 0.3) is 0 Å². The van der Waals surface area contributed by atoms with Gasteiger partial charge in [0.2, 0.25) is 0 Å². The van der Waals surface area contributed by atoms with Crippen molar-refractivity contribution in [2.24, 2.45) is 0 Å². The first-order valence-corrected chi connectivity index (χ1v) is 11.2. The molecule has 8 nitrogen and oxygen atoms in total. The minimum atomic E-state index is -1.15. The van der Waals surface area contributed by atoms with Crippen LogP contribution in [0.25, 0.3) is 10.9 Å². The van der Waals surface area contributed by atoms with Gasteiger partial charge in [0.05, 0.1) is 12.1 Å². The van der Waals surface area contributed by atoms with Crippen LogP contribution in [0, 0.1) is 5.82 Å². The molecule has 1 saturated heterocycles. The summed E-state index contributed by atoms with van der Waals surface area (Å²) < 4.78 is 38.3. The van der Waals surface area contributed by atoms with E-state index in [-0.39, 0.29) is 6.61 Å². The number of carbonyl (C=O) groups is 3. The number of ether oxygens (including phenoxy) is 4. The van der Waals surface area contributed by atoms with Crippen molar-refractivity contribution in [3.8, 4) is 0 Å². The highest BCUT2D eigenvalue weighted by Crippen LogP contribution is 2.35. The number of carbonyl (C=O) groups excluding carboxylic acids is 3. The van der Waals surface area contributed by atoms with Crippen LogP contribution >= 0.6 is 0 Å². The van der Waals surface area contributed by atoms with E-state index in [0.29, 0.717) is 11.9 Å². The van der Waals surface area contributed by atoms with Gasteiger partial charge < -0.3 is 23.5 Å². The molecule has 4 atom stereocenters. The monoisotopic (exact) mass is 483 g/mol. The third-order valence-electron chi connectivity index (χ3n) is 5.71. The topological polar surface area (TPSA) is 93.1 Å². The van der Waals surface area contributed by atoms with E-state index in [9.17, 15) is 18.8 Å². The van der Waals surface area contributed by atoms with Gasteiger partial charge in [-0.2, -0.15) is 0 Å². The van der Waals surface area contributed by atoms with E-state index in [0.717, 1.165) is 16.5 Å². The Morgan fingerprint density at radius 2 is 1.60 bits per heavy atom. The Hall–Kier alpha value is -3.72. The van der Waals surface area contributed by atoms with E-state index in [1.165, 1.54) is 32.9 Å². The Labute approximate surface area is 201 Å². The Balaban J connectivity index is 1.80. The van der Waals surface area contributed by atoms with Crippen molar-refractivity contribution >= 4 is 28.8 Å². The summed E-state index contributed by atoms with van der Waals surface area (Å²) in [6, 6.07) is 14.2. The Kier molecular flexibility index (Phi) is 7.16. The van der Waals surface area contributed by atoms with E-state index < -0.39 is 48.3 Å². The maximum absolute atomic E-state index is 14.3. The van der Waals surface area contributed by atoms with Crippen LogP contribution in [0.4, 0.5) is 4.39 Å². The minimum Gasteiger partial charge on any atom is -0.456 e. The first-order chi connectivity index (χ1) is 16.7. The van der Waals surface area contributed by atoms with Crippen molar-refractivity contribution < 1.29 is 37.7 Å². The van der Waals surface area contributed by atoms with Crippen molar-refractivity contribution in [3.63, 3.8) is 0 Å². The molecule has 1 fully saturated rings. The number of aromatic nitrogens is 1. The number of hydrogen-bond acceptors (Lipinski definition) is 7. The van der Waals surface area contributed by atoms with Crippen molar-refractivity contribution in [3.05, 3.63) is 71.7 Å². The van der Waals surface area contributed by atoms with Crippen LogP contribution in [0.5, 0.6) is 0 Å². The van der Waals surface area contributed by atoms with Gasteiger partial charge in [-0.05, 0) is 35.7 Å². The fraction of sp³-hybridized carbons (Fsp3) is 0.346. The lowest BCUT2D eigenvalue weighted by atomic mass is 10.0. The fourth-order valence-corrected chi connectivity index (χ4v) is 4.43. The third-order valence-corrected chi connectivity index (χ3v) is 5.71. The highest BCUT2D eigenvalue weighted by atomic mass is 19.1. The SMILES string of the molecule is CC(=O)O[C@@H]1[C@@H](OC(C)=O)[C@H](OC(C)=O)CO[C@H]1n1cc(Cc2ccccc2)c2ccc(F)cc21. The molecule has 4 rings (SSSR count). The Bertz CT molecular complexity index is 1240. The number of fused-ring (bicyclic) bond motifs is 1. The standard InChI is InChI=1S/C26H26FNO7/c1-15(29)33-23-14-32-26(25(35-17(3)31)24(23)34-16(2)30)28-13-19(11-18-7-5-4-6-8-18)21-10-9-20(27)12-22(21)28/h4-10,12-13,23-26H,11,14H2,1-3H3/t23-,24+,25-,26-/m1/s1.